The minimum atomic E-state index is -0.649. The average Bonchev–Trinajstić information content (AvgIpc) is 2.61. The first-order valence-corrected chi connectivity index (χ1v) is 7.48. The van der Waals surface area contributed by atoms with Crippen LogP contribution >= 0.6 is 0 Å². The highest BCUT2D eigenvalue weighted by molar-refractivity contribution is 5.48. The van der Waals surface area contributed by atoms with Crippen LogP contribution in [-0.2, 0) is 0 Å². The van der Waals surface area contributed by atoms with E-state index in [9.17, 15) is 8.78 Å². The van der Waals surface area contributed by atoms with Gasteiger partial charge in [-0.15, -0.1) is 0 Å². The molecule has 2 atom stereocenters. The number of nitrogens with zero attached hydrogens (tertiary/aromatic N) is 1. The third-order valence-corrected chi connectivity index (χ3v) is 3.96. The van der Waals surface area contributed by atoms with Crippen molar-refractivity contribution >= 4 is 11.6 Å². The van der Waals surface area contributed by atoms with E-state index in [2.05, 4.69) is 22.5 Å². The Morgan fingerprint density at radius 1 is 1.15 bits per heavy atom. The summed E-state index contributed by atoms with van der Waals surface area (Å²) in [5.41, 5.74) is 0. The SMILES string of the molecule is CCNc1nc(NC2CCCCCC2C)c(F)cc1F. The molecule has 3 nitrogen and oxygen atoms in total. The minimum Gasteiger partial charge on any atom is -0.368 e. The lowest BCUT2D eigenvalue weighted by molar-refractivity contribution is 0.452. The first-order chi connectivity index (χ1) is 9.61. The maximum atomic E-state index is 13.9. The Balaban J connectivity index is 2.16. The van der Waals surface area contributed by atoms with Crippen LogP contribution in [0.1, 0.15) is 46.0 Å². The Bertz CT molecular complexity index is 451. The summed E-state index contributed by atoms with van der Waals surface area (Å²) in [6.45, 7) is 4.58. The molecule has 20 heavy (non-hydrogen) atoms. The zero-order valence-electron chi connectivity index (χ0n) is 12.2. The van der Waals surface area contributed by atoms with Gasteiger partial charge in [-0.2, -0.15) is 0 Å². The molecule has 1 aliphatic rings. The van der Waals surface area contributed by atoms with Crippen LogP contribution in [0.4, 0.5) is 20.4 Å². The fraction of sp³-hybridized carbons (Fsp3) is 0.667. The van der Waals surface area contributed by atoms with Crippen LogP contribution in [0.25, 0.3) is 0 Å². The van der Waals surface area contributed by atoms with Gasteiger partial charge >= 0.3 is 0 Å². The predicted molar refractivity (Wildman–Crippen MR) is 78.0 cm³/mol. The molecule has 2 N–H and O–H groups in total. The van der Waals surface area contributed by atoms with E-state index in [-0.39, 0.29) is 17.7 Å². The molecule has 0 aliphatic heterocycles. The normalized spacial score (nSPS) is 23.2. The highest BCUT2D eigenvalue weighted by Gasteiger charge is 2.22. The monoisotopic (exact) mass is 283 g/mol. The van der Waals surface area contributed by atoms with Gasteiger partial charge in [-0.25, -0.2) is 13.8 Å². The standard InChI is InChI=1S/C15H23F2N3/c1-3-18-14-11(16)9-12(17)15(20-14)19-13-8-6-4-5-7-10(13)2/h9-10,13H,3-8H2,1-2H3,(H2,18,19,20). The molecule has 1 aromatic rings. The molecular formula is C15H23F2N3. The van der Waals surface area contributed by atoms with E-state index < -0.39 is 11.6 Å². The Morgan fingerprint density at radius 2 is 1.85 bits per heavy atom. The molecule has 1 heterocycles. The van der Waals surface area contributed by atoms with Crippen molar-refractivity contribution in [3.8, 4) is 0 Å². The van der Waals surface area contributed by atoms with Crippen molar-refractivity contribution in [3.63, 3.8) is 0 Å². The van der Waals surface area contributed by atoms with Crippen molar-refractivity contribution in [1.29, 1.82) is 0 Å². The van der Waals surface area contributed by atoms with Gasteiger partial charge in [-0.05, 0) is 25.7 Å². The van der Waals surface area contributed by atoms with Gasteiger partial charge in [0, 0.05) is 18.7 Å². The van der Waals surface area contributed by atoms with Crippen LogP contribution in [0.5, 0.6) is 0 Å². The Morgan fingerprint density at radius 3 is 2.60 bits per heavy atom. The van der Waals surface area contributed by atoms with E-state index in [1.54, 1.807) is 0 Å². The van der Waals surface area contributed by atoms with Gasteiger partial charge < -0.3 is 10.6 Å². The zero-order chi connectivity index (χ0) is 14.5. The molecular weight excluding hydrogens is 260 g/mol. The summed E-state index contributed by atoms with van der Waals surface area (Å²) in [5, 5.41) is 5.98. The molecule has 2 rings (SSSR count). The second-order valence-electron chi connectivity index (χ2n) is 5.55. The van der Waals surface area contributed by atoms with E-state index in [1.165, 1.54) is 12.8 Å². The lowest BCUT2D eigenvalue weighted by Crippen LogP contribution is -2.27. The van der Waals surface area contributed by atoms with Crippen molar-refractivity contribution in [3.05, 3.63) is 17.7 Å². The minimum absolute atomic E-state index is 0.109. The number of pyridine rings is 1. The van der Waals surface area contributed by atoms with Gasteiger partial charge in [0.1, 0.15) is 0 Å². The number of hydrogen-bond acceptors (Lipinski definition) is 3. The molecule has 1 fully saturated rings. The van der Waals surface area contributed by atoms with Crippen molar-refractivity contribution in [2.75, 3.05) is 17.2 Å². The number of rotatable bonds is 4. The summed E-state index contributed by atoms with van der Waals surface area (Å²) in [6.07, 6.45) is 5.74. The molecule has 0 bridgehead atoms. The molecule has 5 heteroatoms. The summed E-state index contributed by atoms with van der Waals surface area (Å²) in [7, 11) is 0. The van der Waals surface area contributed by atoms with E-state index in [1.807, 2.05) is 6.92 Å². The summed E-state index contributed by atoms with van der Waals surface area (Å²) in [5.74, 6) is -0.533. The van der Waals surface area contributed by atoms with Gasteiger partial charge in [0.25, 0.3) is 0 Å². The third kappa shape index (κ3) is 3.58. The first-order valence-electron chi connectivity index (χ1n) is 7.48. The van der Waals surface area contributed by atoms with Crippen molar-refractivity contribution < 1.29 is 8.78 Å². The maximum Gasteiger partial charge on any atom is 0.168 e. The summed E-state index contributed by atoms with van der Waals surface area (Å²) in [6, 6.07) is 1.11. The fourth-order valence-electron chi connectivity index (χ4n) is 2.74. The number of aromatic nitrogens is 1. The highest BCUT2D eigenvalue weighted by Crippen LogP contribution is 2.27. The maximum absolute atomic E-state index is 13.9. The highest BCUT2D eigenvalue weighted by atomic mass is 19.1. The molecule has 0 aromatic carbocycles. The summed E-state index contributed by atoms with van der Waals surface area (Å²) < 4.78 is 27.4. The van der Waals surface area contributed by atoms with E-state index in [0.29, 0.717) is 12.5 Å². The number of anilines is 2. The van der Waals surface area contributed by atoms with E-state index in [4.69, 9.17) is 0 Å². The number of nitrogens with one attached hydrogen (secondary N) is 2. The van der Waals surface area contributed by atoms with Gasteiger partial charge in [0.2, 0.25) is 0 Å². The van der Waals surface area contributed by atoms with Crippen LogP contribution < -0.4 is 10.6 Å². The van der Waals surface area contributed by atoms with Gasteiger partial charge in [-0.1, -0.05) is 26.2 Å². The second-order valence-corrected chi connectivity index (χ2v) is 5.55. The second kappa shape index (κ2) is 6.86. The third-order valence-electron chi connectivity index (χ3n) is 3.96. The van der Waals surface area contributed by atoms with Crippen molar-refractivity contribution in [2.24, 2.45) is 5.92 Å². The lowest BCUT2D eigenvalue weighted by atomic mass is 9.97. The molecule has 1 saturated carbocycles. The quantitative estimate of drug-likeness (QED) is 0.814. The predicted octanol–water partition coefficient (Wildman–Crippen LogP) is 4.17. The number of hydrogen-bond donors (Lipinski definition) is 2. The van der Waals surface area contributed by atoms with Crippen LogP contribution in [0, 0.1) is 17.6 Å². The van der Waals surface area contributed by atoms with Crippen LogP contribution in [-0.4, -0.2) is 17.6 Å². The van der Waals surface area contributed by atoms with Crippen LogP contribution in [0.15, 0.2) is 6.07 Å². The molecule has 1 aliphatic carbocycles. The molecule has 2 unspecified atom stereocenters. The van der Waals surface area contributed by atoms with Gasteiger partial charge in [0.15, 0.2) is 23.3 Å². The Hall–Kier alpha value is -1.39. The Kier molecular flexibility index (Phi) is 5.15. The average molecular weight is 283 g/mol. The van der Waals surface area contributed by atoms with E-state index in [0.717, 1.165) is 25.3 Å². The van der Waals surface area contributed by atoms with Gasteiger partial charge in [0.05, 0.1) is 0 Å². The molecule has 0 spiro atoms. The molecule has 0 saturated heterocycles. The number of halogens is 2. The largest absolute Gasteiger partial charge is 0.368 e. The molecule has 112 valence electrons. The van der Waals surface area contributed by atoms with Crippen molar-refractivity contribution in [2.45, 2.75) is 52.0 Å². The van der Waals surface area contributed by atoms with Crippen LogP contribution in [0.2, 0.25) is 0 Å². The fourth-order valence-corrected chi connectivity index (χ4v) is 2.74. The van der Waals surface area contributed by atoms with Crippen molar-refractivity contribution in [1.82, 2.24) is 4.98 Å². The Labute approximate surface area is 119 Å². The topological polar surface area (TPSA) is 37.0 Å². The van der Waals surface area contributed by atoms with E-state index >= 15 is 0 Å². The zero-order valence-corrected chi connectivity index (χ0v) is 12.2. The lowest BCUT2D eigenvalue weighted by Gasteiger charge is -2.24. The molecule has 1 aromatic heterocycles. The van der Waals surface area contributed by atoms with Gasteiger partial charge in [-0.3, -0.25) is 0 Å². The van der Waals surface area contributed by atoms with Crippen LogP contribution in [0.3, 0.4) is 0 Å². The smallest absolute Gasteiger partial charge is 0.168 e. The first kappa shape index (κ1) is 15.0. The molecule has 0 amide bonds. The summed E-state index contributed by atoms with van der Waals surface area (Å²) in [4.78, 5) is 4.05. The molecule has 0 radical (unpaired) electrons. The summed E-state index contributed by atoms with van der Waals surface area (Å²) >= 11 is 0.